The van der Waals surface area contributed by atoms with Gasteiger partial charge in [-0.2, -0.15) is 0 Å². The average Bonchev–Trinajstić information content (AvgIpc) is 3.80. The normalized spacial score (nSPS) is 36.0. The number of cyclic esters (lactones) is 1. The summed E-state index contributed by atoms with van der Waals surface area (Å²) in [6, 6.07) is 4.38. The summed E-state index contributed by atoms with van der Waals surface area (Å²) in [5.41, 5.74) is -1.23. The zero-order chi connectivity index (χ0) is 43.9. The van der Waals surface area contributed by atoms with Gasteiger partial charge in [0, 0.05) is 50.8 Å². The number of aryl methyl sites for hydroxylation is 1. The minimum absolute atomic E-state index is 0.131. The molecule has 0 radical (unpaired) electrons. The monoisotopic (exact) mass is 841 g/mol. The molecule has 0 aromatic carbocycles. The third-order valence-corrected chi connectivity index (χ3v) is 12.8. The molecule has 0 aliphatic carbocycles. The number of fused-ring (bicyclic) bond motifs is 1. The minimum atomic E-state index is -1.36. The number of aliphatic hydroxyl groups excluding tert-OH is 1. The van der Waals surface area contributed by atoms with E-state index in [1.54, 1.807) is 29.6 Å². The van der Waals surface area contributed by atoms with Crippen molar-refractivity contribution < 1.29 is 48.0 Å². The van der Waals surface area contributed by atoms with E-state index in [-0.39, 0.29) is 36.9 Å². The number of aldehydes is 1. The summed E-state index contributed by atoms with van der Waals surface area (Å²) in [6.45, 7) is 14.0. The molecule has 17 nitrogen and oxygen atoms in total. The van der Waals surface area contributed by atoms with Gasteiger partial charge in [-0.15, -0.1) is 5.10 Å². The summed E-state index contributed by atoms with van der Waals surface area (Å²) in [7, 11) is 5.22. The van der Waals surface area contributed by atoms with Crippen molar-refractivity contribution in [1.82, 2.24) is 35.1 Å². The van der Waals surface area contributed by atoms with Crippen molar-refractivity contribution in [3.8, 4) is 11.4 Å². The molecule has 1 amide bonds. The molecule has 17 heteroatoms. The second kappa shape index (κ2) is 20.3. The molecule has 3 fully saturated rings. The topological polar surface area (TPSA) is 197 Å². The van der Waals surface area contributed by atoms with Crippen molar-refractivity contribution >= 4 is 24.1 Å². The van der Waals surface area contributed by atoms with Crippen molar-refractivity contribution in [2.45, 2.75) is 154 Å². The van der Waals surface area contributed by atoms with Crippen LogP contribution in [0.25, 0.3) is 11.4 Å². The summed E-state index contributed by atoms with van der Waals surface area (Å²) >= 11 is 0. The largest absolute Gasteiger partial charge is 0.458 e. The molecule has 0 bridgehead atoms. The first kappa shape index (κ1) is 47.2. The maximum absolute atomic E-state index is 14.5. The maximum Gasteiger partial charge on any atom is 0.410 e. The lowest BCUT2D eigenvalue weighted by Gasteiger charge is -2.47. The number of ketones is 1. The Morgan fingerprint density at radius 3 is 2.47 bits per heavy atom. The first-order chi connectivity index (χ1) is 28.5. The Hall–Kier alpha value is -3.87. The number of esters is 1. The van der Waals surface area contributed by atoms with Gasteiger partial charge in [-0.3, -0.25) is 24.2 Å². The highest BCUT2D eigenvalue weighted by molar-refractivity contribution is 6.00. The lowest BCUT2D eigenvalue weighted by atomic mass is 9.76. The van der Waals surface area contributed by atoms with Gasteiger partial charge >= 0.3 is 12.1 Å². The number of hydrogen-bond acceptors (Lipinski definition) is 15. The number of nitrogens with one attached hydrogen (secondary N) is 1. The standard InChI is InChI=1S/C43H67N7O10/c1-11-34-42(7)37(50(41(55)60-42)20-15-14-19-49-25-32(46-47-49)31-16-12-13-18-44-31)30(6)45-24-26(2)23-43(56-10,17-21-51)38(28(4)35(52)29(5)39(54)58-34)59-40-36(53)33(48(8)9)22-27(3)57-40/h12-13,16,18,21,25-30,33-34,36-38,40,45,53H,11,14-15,17,19-20,22-24H2,1-10H3/t26-,27-,28+,29-,30-,33?,34-,36?,37-,38-,40+,42-,43-/m1/s1. The fourth-order valence-corrected chi connectivity index (χ4v) is 9.48. The fraction of sp³-hybridized carbons (Fsp3) is 0.744. The molecular weight excluding hydrogens is 775 g/mol. The molecule has 2 unspecified atom stereocenters. The Kier molecular flexibility index (Phi) is 16.0. The number of aromatic nitrogens is 4. The molecule has 60 heavy (non-hydrogen) atoms. The Balaban J connectivity index is 1.42. The number of methoxy groups -OCH3 is 1. The van der Waals surface area contributed by atoms with Crippen LogP contribution in [0.3, 0.4) is 0 Å². The molecule has 3 saturated heterocycles. The van der Waals surface area contributed by atoms with Gasteiger partial charge < -0.3 is 43.8 Å². The number of likely N-dealkylation sites (N-methyl/N-ethyl adjacent to an activating group) is 1. The molecule has 3 aliphatic rings. The van der Waals surface area contributed by atoms with E-state index < -0.39 is 71.5 Å². The van der Waals surface area contributed by atoms with Gasteiger partial charge in [-0.1, -0.05) is 32.1 Å². The van der Waals surface area contributed by atoms with E-state index in [0.717, 1.165) is 12.0 Å². The molecule has 13 atom stereocenters. The number of ether oxygens (including phenoxy) is 5. The lowest BCUT2D eigenvalue weighted by Crippen LogP contribution is -2.61. The summed E-state index contributed by atoms with van der Waals surface area (Å²) in [6.07, 6.45) is 1.60. The average molecular weight is 842 g/mol. The SMILES string of the molecule is CC[C@H]1OC(=O)[C@H](C)C(=O)[C@H](C)[C@@H](O[C@@H]2O[C@H](C)CC(N(C)C)C2O)[C@](CC=O)(OC)C[C@@H](C)CN[C@H](C)[C@H]2N(CCCCn3cc(-c4ccccn4)nn3)C(=O)O[C@]12C. The van der Waals surface area contributed by atoms with Crippen LogP contribution in [0, 0.1) is 17.8 Å². The number of unbranched alkanes of at least 4 members (excludes halogenated alkanes) is 1. The van der Waals surface area contributed by atoms with Gasteiger partial charge in [0.25, 0.3) is 0 Å². The number of rotatable bonds is 13. The molecule has 2 aromatic heterocycles. The smallest absolute Gasteiger partial charge is 0.410 e. The van der Waals surface area contributed by atoms with E-state index in [1.165, 1.54) is 14.0 Å². The lowest BCUT2D eigenvalue weighted by molar-refractivity contribution is -0.297. The van der Waals surface area contributed by atoms with Gasteiger partial charge in [-0.25, -0.2) is 4.79 Å². The van der Waals surface area contributed by atoms with Crippen LogP contribution in [-0.4, -0.2) is 153 Å². The molecule has 0 saturated carbocycles. The van der Waals surface area contributed by atoms with Crippen LogP contribution >= 0.6 is 0 Å². The third-order valence-electron chi connectivity index (χ3n) is 12.8. The van der Waals surface area contributed by atoms with Crippen molar-refractivity contribution in [3.63, 3.8) is 0 Å². The minimum Gasteiger partial charge on any atom is -0.458 e. The van der Waals surface area contributed by atoms with Gasteiger partial charge in [0.05, 0.1) is 30.1 Å². The fourth-order valence-electron chi connectivity index (χ4n) is 9.48. The number of nitrogens with zero attached hydrogens (tertiary/aromatic N) is 6. The first-order valence-electron chi connectivity index (χ1n) is 21.4. The van der Waals surface area contributed by atoms with Gasteiger partial charge in [0.2, 0.25) is 0 Å². The number of hydrogen-bond donors (Lipinski definition) is 2. The van der Waals surface area contributed by atoms with Crippen molar-refractivity contribution in [3.05, 3.63) is 30.6 Å². The predicted octanol–water partition coefficient (Wildman–Crippen LogP) is 3.67. The zero-order valence-corrected chi connectivity index (χ0v) is 37.0. The quantitative estimate of drug-likeness (QED) is 0.128. The first-order valence-corrected chi connectivity index (χ1v) is 21.4. The number of amides is 1. The Morgan fingerprint density at radius 2 is 1.82 bits per heavy atom. The number of carbonyl (C=O) groups excluding carboxylic acids is 4. The van der Waals surface area contributed by atoms with Crippen LogP contribution in [0.1, 0.15) is 87.0 Å². The molecule has 2 aromatic rings. The number of carbonyl (C=O) groups is 4. The van der Waals surface area contributed by atoms with Crippen molar-refractivity contribution in [2.24, 2.45) is 17.8 Å². The molecule has 3 aliphatic heterocycles. The van der Waals surface area contributed by atoms with Gasteiger partial charge in [0.1, 0.15) is 35.7 Å². The van der Waals surface area contributed by atoms with Gasteiger partial charge in [-0.05, 0) is 98.5 Å². The third kappa shape index (κ3) is 10.2. The Labute approximate surface area is 354 Å². The summed E-state index contributed by atoms with van der Waals surface area (Å²) < 4.78 is 33.2. The van der Waals surface area contributed by atoms with Crippen LogP contribution in [0.4, 0.5) is 4.79 Å². The number of aliphatic hydroxyl groups is 1. The zero-order valence-electron chi connectivity index (χ0n) is 37.0. The number of pyridine rings is 1. The highest BCUT2D eigenvalue weighted by Crippen LogP contribution is 2.41. The molecule has 334 valence electrons. The summed E-state index contributed by atoms with van der Waals surface area (Å²) in [4.78, 5) is 62.8. The maximum atomic E-state index is 14.5. The van der Waals surface area contributed by atoms with Crippen molar-refractivity contribution in [2.75, 3.05) is 34.3 Å². The predicted molar refractivity (Wildman–Crippen MR) is 220 cm³/mol. The number of Topliss-reactive ketones (excluding diaryl/α,β-unsaturated/α-hetero) is 1. The Bertz CT molecular complexity index is 1750. The highest BCUT2D eigenvalue weighted by atomic mass is 16.7. The van der Waals surface area contributed by atoms with E-state index in [0.29, 0.717) is 51.0 Å². The van der Waals surface area contributed by atoms with Crippen LogP contribution in [0.2, 0.25) is 0 Å². The molecule has 0 spiro atoms. The van der Waals surface area contributed by atoms with E-state index in [2.05, 4.69) is 20.6 Å². The van der Waals surface area contributed by atoms with E-state index in [1.807, 2.05) is 71.1 Å². The Morgan fingerprint density at radius 1 is 1.08 bits per heavy atom. The highest BCUT2D eigenvalue weighted by Gasteiger charge is 2.59. The molecule has 5 heterocycles. The molecular formula is C43H67N7O10. The summed E-state index contributed by atoms with van der Waals surface area (Å²) in [5.74, 6) is -3.70. The van der Waals surface area contributed by atoms with Crippen LogP contribution < -0.4 is 5.32 Å². The van der Waals surface area contributed by atoms with E-state index in [9.17, 15) is 24.3 Å². The van der Waals surface area contributed by atoms with Crippen LogP contribution in [0.15, 0.2) is 30.6 Å². The van der Waals surface area contributed by atoms with Gasteiger partial charge in [0.15, 0.2) is 17.7 Å². The van der Waals surface area contributed by atoms with E-state index in [4.69, 9.17) is 23.7 Å². The van der Waals surface area contributed by atoms with Crippen LogP contribution in [0.5, 0.6) is 0 Å². The van der Waals surface area contributed by atoms with Crippen molar-refractivity contribution in [1.29, 1.82) is 0 Å². The van der Waals surface area contributed by atoms with Crippen LogP contribution in [-0.2, 0) is 44.6 Å². The second-order valence-corrected chi connectivity index (χ2v) is 17.5. The van der Waals surface area contributed by atoms with E-state index >= 15 is 0 Å². The second-order valence-electron chi connectivity index (χ2n) is 17.5. The molecule has 2 N–H and O–H groups in total. The summed E-state index contributed by atoms with van der Waals surface area (Å²) in [5, 5.41) is 23.6. The molecule has 5 rings (SSSR count).